The van der Waals surface area contributed by atoms with E-state index >= 15 is 0 Å². The van der Waals surface area contributed by atoms with Crippen molar-refractivity contribution < 1.29 is 14.3 Å². The highest BCUT2D eigenvalue weighted by molar-refractivity contribution is 6.29. The molecule has 146 valence electrons. The Bertz CT molecular complexity index is 1000. The highest BCUT2D eigenvalue weighted by Crippen LogP contribution is 2.39. The van der Waals surface area contributed by atoms with Crippen LogP contribution in [0.3, 0.4) is 0 Å². The van der Waals surface area contributed by atoms with E-state index in [4.69, 9.17) is 21.1 Å². The van der Waals surface area contributed by atoms with Gasteiger partial charge in [-0.1, -0.05) is 17.7 Å². The molecule has 7 nitrogen and oxygen atoms in total. The lowest BCUT2D eigenvalue weighted by molar-refractivity contribution is -0.143. The molecule has 3 aromatic heterocycles. The van der Waals surface area contributed by atoms with Gasteiger partial charge in [0.05, 0.1) is 18.7 Å². The topological polar surface area (TPSA) is 78.6 Å². The molecule has 0 radical (unpaired) electrons. The van der Waals surface area contributed by atoms with Crippen LogP contribution in [0, 0.1) is 0 Å². The van der Waals surface area contributed by atoms with E-state index in [1.165, 1.54) is 18.4 Å². The summed E-state index contributed by atoms with van der Waals surface area (Å²) in [4.78, 5) is 24.5. The zero-order chi connectivity index (χ0) is 19.5. The van der Waals surface area contributed by atoms with Crippen molar-refractivity contribution in [1.29, 1.82) is 0 Å². The van der Waals surface area contributed by atoms with Crippen molar-refractivity contribution in [3.05, 3.63) is 52.8 Å². The molecule has 1 aliphatic rings. The van der Waals surface area contributed by atoms with Crippen molar-refractivity contribution in [1.82, 2.24) is 19.4 Å². The van der Waals surface area contributed by atoms with Crippen molar-refractivity contribution in [2.24, 2.45) is 0 Å². The van der Waals surface area contributed by atoms with Crippen LogP contribution in [0.4, 0.5) is 0 Å². The van der Waals surface area contributed by atoms with Crippen molar-refractivity contribution in [3.8, 4) is 5.88 Å². The van der Waals surface area contributed by atoms with Gasteiger partial charge in [-0.15, -0.1) is 0 Å². The highest BCUT2D eigenvalue weighted by atomic mass is 35.5. The van der Waals surface area contributed by atoms with Gasteiger partial charge in [-0.05, 0) is 37.3 Å². The number of ether oxygens (including phenoxy) is 2. The van der Waals surface area contributed by atoms with Gasteiger partial charge in [-0.2, -0.15) is 4.98 Å². The standard InChI is InChI=1S/C20H21ClN4O3/c1-2-27-20(26)8-6-17-23-16(21)9-19(24-17)28-12-15-11-25-10-14(13-3-4-13)5-7-18(25)22-15/h5,7,9-11,13H,2-4,6,8,12H2,1H3. The van der Waals surface area contributed by atoms with Crippen LogP contribution in [-0.4, -0.2) is 31.9 Å². The number of nitrogens with zero attached hydrogens (tertiary/aromatic N) is 4. The molecule has 0 atom stereocenters. The number of carbonyl (C=O) groups is 1. The molecule has 0 amide bonds. The zero-order valence-corrected chi connectivity index (χ0v) is 16.4. The van der Waals surface area contributed by atoms with Gasteiger partial charge in [0.15, 0.2) is 0 Å². The first-order chi connectivity index (χ1) is 13.6. The highest BCUT2D eigenvalue weighted by Gasteiger charge is 2.23. The van der Waals surface area contributed by atoms with E-state index in [1.54, 1.807) is 13.0 Å². The lowest BCUT2D eigenvalue weighted by Gasteiger charge is -2.06. The molecule has 8 heteroatoms. The Morgan fingerprint density at radius 1 is 1.25 bits per heavy atom. The maximum Gasteiger partial charge on any atom is 0.306 e. The molecule has 1 fully saturated rings. The second kappa shape index (κ2) is 8.14. The Kier molecular flexibility index (Phi) is 5.43. The Balaban J connectivity index is 1.41. The minimum absolute atomic E-state index is 0.198. The number of esters is 1. The monoisotopic (exact) mass is 400 g/mol. The Morgan fingerprint density at radius 3 is 2.89 bits per heavy atom. The molecule has 1 saturated carbocycles. The molecule has 3 aromatic rings. The molecule has 0 spiro atoms. The number of fused-ring (bicyclic) bond motifs is 1. The molecule has 0 aliphatic heterocycles. The van der Waals surface area contributed by atoms with Crippen LogP contribution in [0.25, 0.3) is 5.65 Å². The summed E-state index contributed by atoms with van der Waals surface area (Å²) in [5, 5.41) is 0.271. The summed E-state index contributed by atoms with van der Waals surface area (Å²) in [6.45, 7) is 2.39. The Labute approximate surface area is 167 Å². The number of rotatable bonds is 8. The van der Waals surface area contributed by atoms with Crippen LogP contribution in [0.2, 0.25) is 5.15 Å². The largest absolute Gasteiger partial charge is 0.471 e. The molecule has 0 saturated heterocycles. The average Bonchev–Trinajstić information content (AvgIpc) is 3.44. The van der Waals surface area contributed by atoms with E-state index < -0.39 is 0 Å². The molecule has 1 aliphatic carbocycles. The Morgan fingerprint density at radius 2 is 2.11 bits per heavy atom. The quantitative estimate of drug-likeness (QED) is 0.423. The molecular formula is C20H21ClN4O3. The number of hydrogen-bond acceptors (Lipinski definition) is 6. The minimum Gasteiger partial charge on any atom is -0.471 e. The summed E-state index contributed by atoms with van der Waals surface area (Å²) < 4.78 is 12.7. The van der Waals surface area contributed by atoms with Gasteiger partial charge in [0.2, 0.25) is 5.88 Å². The smallest absolute Gasteiger partial charge is 0.306 e. The predicted octanol–water partition coefficient (Wildman–Crippen LogP) is 3.73. The number of hydrogen-bond donors (Lipinski definition) is 0. The van der Waals surface area contributed by atoms with Crippen LogP contribution in [0.15, 0.2) is 30.6 Å². The number of aryl methyl sites for hydroxylation is 1. The maximum atomic E-state index is 11.5. The lowest BCUT2D eigenvalue weighted by atomic mass is 10.2. The van der Waals surface area contributed by atoms with Gasteiger partial charge < -0.3 is 13.9 Å². The third-order valence-corrected chi connectivity index (χ3v) is 4.71. The minimum atomic E-state index is -0.288. The third-order valence-electron chi connectivity index (χ3n) is 4.52. The van der Waals surface area contributed by atoms with E-state index in [-0.39, 0.29) is 24.2 Å². The SMILES string of the molecule is CCOC(=O)CCc1nc(Cl)cc(OCc2cn3cc(C4CC4)ccc3n2)n1. The number of aromatic nitrogens is 4. The second-order valence-electron chi connectivity index (χ2n) is 6.77. The van der Waals surface area contributed by atoms with Gasteiger partial charge in [0.25, 0.3) is 0 Å². The van der Waals surface area contributed by atoms with Crippen LogP contribution in [0.5, 0.6) is 5.88 Å². The van der Waals surface area contributed by atoms with Gasteiger partial charge >= 0.3 is 5.97 Å². The fraction of sp³-hybridized carbons (Fsp3) is 0.400. The number of halogens is 1. The second-order valence-corrected chi connectivity index (χ2v) is 7.16. The van der Waals surface area contributed by atoms with E-state index in [2.05, 4.69) is 27.2 Å². The van der Waals surface area contributed by atoms with Crippen molar-refractivity contribution >= 4 is 23.2 Å². The molecule has 0 bridgehead atoms. The van der Waals surface area contributed by atoms with Gasteiger partial charge in [0, 0.05) is 24.9 Å². The van der Waals surface area contributed by atoms with Crippen LogP contribution in [0.1, 0.15) is 49.2 Å². The first kappa shape index (κ1) is 18.7. The van der Waals surface area contributed by atoms with Crippen LogP contribution < -0.4 is 4.74 Å². The van der Waals surface area contributed by atoms with Crippen molar-refractivity contribution in [3.63, 3.8) is 0 Å². The molecule has 28 heavy (non-hydrogen) atoms. The van der Waals surface area contributed by atoms with Crippen LogP contribution >= 0.6 is 11.6 Å². The molecular weight excluding hydrogens is 380 g/mol. The summed E-state index contributed by atoms with van der Waals surface area (Å²) in [6.07, 6.45) is 7.17. The fourth-order valence-electron chi connectivity index (χ4n) is 3.01. The summed E-state index contributed by atoms with van der Waals surface area (Å²) >= 11 is 6.06. The molecule has 4 rings (SSSR count). The van der Waals surface area contributed by atoms with Gasteiger partial charge in [0.1, 0.15) is 23.2 Å². The first-order valence-electron chi connectivity index (χ1n) is 9.40. The van der Waals surface area contributed by atoms with E-state index in [9.17, 15) is 4.79 Å². The summed E-state index contributed by atoms with van der Waals surface area (Å²) in [5.41, 5.74) is 3.04. The summed E-state index contributed by atoms with van der Waals surface area (Å²) in [7, 11) is 0. The molecule has 0 aromatic carbocycles. The summed E-state index contributed by atoms with van der Waals surface area (Å²) in [6, 6.07) is 5.73. The third kappa shape index (κ3) is 4.59. The molecule has 0 N–H and O–H groups in total. The Hall–Kier alpha value is -2.67. The first-order valence-corrected chi connectivity index (χ1v) is 9.78. The van der Waals surface area contributed by atoms with E-state index in [0.717, 1.165) is 11.3 Å². The van der Waals surface area contributed by atoms with Crippen LogP contribution in [-0.2, 0) is 22.6 Å². The molecule has 0 unspecified atom stereocenters. The number of imidazole rings is 1. The zero-order valence-electron chi connectivity index (χ0n) is 15.6. The summed E-state index contributed by atoms with van der Waals surface area (Å²) in [5.74, 6) is 1.21. The fourth-order valence-corrected chi connectivity index (χ4v) is 3.20. The maximum absolute atomic E-state index is 11.5. The van der Waals surface area contributed by atoms with Crippen molar-refractivity contribution in [2.45, 2.75) is 45.1 Å². The number of pyridine rings is 1. The van der Waals surface area contributed by atoms with Gasteiger partial charge in [-0.3, -0.25) is 4.79 Å². The van der Waals surface area contributed by atoms with Gasteiger partial charge in [-0.25, -0.2) is 9.97 Å². The van der Waals surface area contributed by atoms with Crippen molar-refractivity contribution in [2.75, 3.05) is 6.61 Å². The predicted molar refractivity (Wildman–Crippen MR) is 103 cm³/mol. The van der Waals surface area contributed by atoms with E-state index in [0.29, 0.717) is 30.7 Å². The lowest BCUT2D eigenvalue weighted by Crippen LogP contribution is -2.08. The normalized spacial score (nSPS) is 13.6. The average molecular weight is 401 g/mol. The van der Waals surface area contributed by atoms with E-state index in [1.807, 2.05) is 16.7 Å². The molecule has 3 heterocycles. The number of carbonyl (C=O) groups excluding carboxylic acids is 1.